The van der Waals surface area contributed by atoms with Crippen LogP contribution < -0.4 is 9.47 Å². The van der Waals surface area contributed by atoms with Crippen LogP contribution in [-0.2, 0) is 16.6 Å². The van der Waals surface area contributed by atoms with E-state index in [0.29, 0.717) is 16.4 Å². The highest BCUT2D eigenvalue weighted by molar-refractivity contribution is 7.89. The van der Waals surface area contributed by atoms with E-state index in [1.165, 1.54) is 4.31 Å². The van der Waals surface area contributed by atoms with Crippen LogP contribution in [0.5, 0.6) is 11.5 Å². The molecule has 0 saturated carbocycles. The molecule has 2 aromatic rings. The summed E-state index contributed by atoms with van der Waals surface area (Å²) in [5, 5.41) is 0. The second-order valence-corrected chi connectivity index (χ2v) is 7.72. The average Bonchev–Trinajstić information content (AvgIpc) is 2.54. The molecule has 5 nitrogen and oxygen atoms in total. The molecule has 0 saturated heterocycles. The fraction of sp³-hybridized carbons (Fsp3) is 0.333. The van der Waals surface area contributed by atoms with Gasteiger partial charge in [-0.05, 0) is 31.5 Å². The van der Waals surface area contributed by atoms with Crippen molar-refractivity contribution in [3.63, 3.8) is 0 Å². The molecule has 0 aromatic heterocycles. The summed E-state index contributed by atoms with van der Waals surface area (Å²) in [6, 6.07) is 10.7. The van der Waals surface area contributed by atoms with Crippen LogP contribution in [0.4, 0.5) is 0 Å². The molecule has 0 radical (unpaired) electrons. The smallest absolute Gasteiger partial charge is 0.243 e. The van der Waals surface area contributed by atoms with Crippen molar-refractivity contribution in [1.82, 2.24) is 4.31 Å². The highest BCUT2D eigenvalue weighted by Gasteiger charge is 2.23. The van der Waals surface area contributed by atoms with Crippen LogP contribution in [0.1, 0.15) is 16.7 Å². The number of methoxy groups -OCH3 is 2. The van der Waals surface area contributed by atoms with Gasteiger partial charge in [0.1, 0.15) is 11.5 Å². The van der Waals surface area contributed by atoms with Crippen molar-refractivity contribution in [2.24, 2.45) is 0 Å². The lowest BCUT2D eigenvalue weighted by Crippen LogP contribution is -2.27. The van der Waals surface area contributed by atoms with Crippen molar-refractivity contribution in [2.45, 2.75) is 25.3 Å². The number of sulfonamides is 1. The zero-order chi connectivity index (χ0) is 17.9. The topological polar surface area (TPSA) is 55.8 Å². The zero-order valence-corrected chi connectivity index (χ0v) is 15.5. The van der Waals surface area contributed by atoms with E-state index in [1.54, 1.807) is 39.5 Å². The predicted molar refractivity (Wildman–Crippen MR) is 94.1 cm³/mol. The first-order chi connectivity index (χ1) is 11.3. The molecule has 0 heterocycles. The van der Waals surface area contributed by atoms with Crippen LogP contribution in [-0.4, -0.2) is 34.0 Å². The van der Waals surface area contributed by atoms with Gasteiger partial charge in [-0.15, -0.1) is 0 Å². The maximum atomic E-state index is 12.9. The minimum absolute atomic E-state index is 0.211. The van der Waals surface area contributed by atoms with Crippen LogP contribution >= 0.6 is 0 Å². The Morgan fingerprint density at radius 2 is 1.71 bits per heavy atom. The van der Waals surface area contributed by atoms with Crippen molar-refractivity contribution in [2.75, 3.05) is 21.3 Å². The third kappa shape index (κ3) is 3.71. The van der Waals surface area contributed by atoms with E-state index in [9.17, 15) is 8.42 Å². The van der Waals surface area contributed by atoms with Crippen molar-refractivity contribution < 1.29 is 17.9 Å². The molecule has 0 atom stereocenters. The summed E-state index contributed by atoms with van der Waals surface area (Å²) in [4.78, 5) is 0.322. The molecule has 0 fully saturated rings. The summed E-state index contributed by atoms with van der Waals surface area (Å²) in [6.45, 7) is 3.96. The number of hydrogen-bond acceptors (Lipinski definition) is 4. The summed E-state index contributed by atoms with van der Waals surface area (Å²) in [5.41, 5.74) is 2.55. The molecule has 130 valence electrons. The van der Waals surface area contributed by atoms with E-state index in [4.69, 9.17) is 9.47 Å². The van der Waals surface area contributed by atoms with Gasteiger partial charge in [0.05, 0.1) is 19.1 Å². The van der Waals surface area contributed by atoms with E-state index in [-0.39, 0.29) is 6.54 Å². The lowest BCUT2D eigenvalue weighted by molar-refractivity contribution is 0.384. The number of aryl methyl sites for hydroxylation is 2. The second-order valence-electron chi connectivity index (χ2n) is 5.71. The van der Waals surface area contributed by atoms with Crippen LogP contribution in [0, 0.1) is 13.8 Å². The molecule has 0 unspecified atom stereocenters. The average molecular weight is 349 g/mol. The Bertz CT molecular complexity index is 831. The molecule has 0 aliphatic carbocycles. The maximum Gasteiger partial charge on any atom is 0.243 e. The first-order valence-corrected chi connectivity index (χ1v) is 8.98. The molecule has 0 bridgehead atoms. The number of rotatable bonds is 6. The Labute approximate surface area is 143 Å². The molecule has 0 spiro atoms. The molecule has 0 N–H and O–H groups in total. The van der Waals surface area contributed by atoms with Gasteiger partial charge in [-0.25, -0.2) is 8.42 Å². The summed E-state index contributed by atoms with van der Waals surface area (Å²) in [5.74, 6) is 1.26. The van der Waals surface area contributed by atoms with Gasteiger partial charge in [0.2, 0.25) is 10.0 Å². The number of hydrogen-bond donors (Lipinski definition) is 0. The molecule has 6 heteroatoms. The van der Waals surface area contributed by atoms with Gasteiger partial charge in [0.25, 0.3) is 0 Å². The number of benzene rings is 2. The monoisotopic (exact) mass is 349 g/mol. The van der Waals surface area contributed by atoms with Crippen molar-refractivity contribution in [1.29, 1.82) is 0 Å². The fourth-order valence-corrected chi connectivity index (χ4v) is 3.91. The summed E-state index contributed by atoms with van der Waals surface area (Å²) < 4.78 is 37.5. The van der Waals surface area contributed by atoms with Gasteiger partial charge in [-0.3, -0.25) is 0 Å². The Balaban J connectivity index is 2.33. The number of ether oxygens (including phenoxy) is 2. The van der Waals surface area contributed by atoms with Gasteiger partial charge in [0, 0.05) is 25.2 Å². The van der Waals surface area contributed by atoms with Crippen molar-refractivity contribution in [3.8, 4) is 11.5 Å². The molecule has 24 heavy (non-hydrogen) atoms. The third-order valence-electron chi connectivity index (χ3n) is 3.91. The Kier molecular flexibility index (Phi) is 5.51. The molecule has 2 aromatic carbocycles. The molecular formula is C18H23NO4S. The Morgan fingerprint density at radius 3 is 2.29 bits per heavy atom. The molecule has 2 rings (SSSR count). The minimum Gasteiger partial charge on any atom is -0.497 e. The van der Waals surface area contributed by atoms with E-state index in [2.05, 4.69) is 0 Å². The molecular weight excluding hydrogens is 326 g/mol. The van der Waals surface area contributed by atoms with Crippen LogP contribution in [0.15, 0.2) is 41.3 Å². The summed E-state index contributed by atoms with van der Waals surface area (Å²) in [6.07, 6.45) is 0. The van der Waals surface area contributed by atoms with Gasteiger partial charge >= 0.3 is 0 Å². The first kappa shape index (κ1) is 18.3. The van der Waals surface area contributed by atoms with E-state index < -0.39 is 10.0 Å². The van der Waals surface area contributed by atoms with E-state index >= 15 is 0 Å². The highest BCUT2D eigenvalue weighted by Crippen LogP contribution is 2.28. The highest BCUT2D eigenvalue weighted by atomic mass is 32.2. The number of nitrogens with zero attached hydrogens (tertiary/aromatic N) is 1. The second kappa shape index (κ2) is 7.23. The lowest BCUT2D eigenvalue weighted by atomic mass is 10.2. The standard InChI is InChI=1S/C18H23NO4S/c1-13-6-9-18(14(2)10-13)24(20,21)19(3)12-15-7-8-16(22-4)11-17(15)23-5/h6-11H,12H2,1-5H3. The van der Waals surface area contributed by atoms with Crippen molar-refractivity contribution in [3.05, 3.63) is 53.1 Å². The van der Waals surface area contributed by atoms with Gasteiger partial charge < -0.3 is 9.47 Å². The first-order valence-electron chi connectivity index (χ1n) is 7.54. The van der Waals surface area contributed by atoms with Gasteiger partial charge in [-0.2, -0.15) is 4.31 Å². The Morgan fingerprint density at radius 1 is 1.00 bits per heavy atom. The minimum atomic E-state index is -3.58. The van der Waals surface area contributed by atoms with Crippen molar-refractivity contribution >= 4 is 10.0 Å². The van der Waals surface area contributed by atoms with Crippen LogP contribution in [0.3, 0.4) is 0 Å². The molecule has 0 aliphatic heterocycles. The fourth-order valence-electron chi connectivity index (χ4n) is 2.56. The van der Waals surface area contributed by atoms with E-state index in [1.807, 2.05) is 32.0 Å². The zero-order valence-electron chi connectivity index (χ0n) is 14.7. The van der Waals surface area contributed by atoms with Gasteiger partial charge in [0.15, 0.2) is 0 Å². The van der Waals surface area contributed by atoms with Crippen LogP contribution in [0.25, 0.3) is 0 Å². The third-order valence-corrected chi connectivity index (χ3v) is 5.87. The maximum absolute atomic E-state index is 12.9. The summed E-state index contributed by atoms with van der Waals surface area (Å²) >= 11 is 0. The molecule has 0 amide bonds. The van der Waals surface area contributed by atoms with E-state index in [0.717, 1.165) is 16.7 Å². The predicted octanol–water partition coefficient (Wildman–Crippen LogP) is 3.14. The Hall–Kier alpha value is -2.05. The lowest BCUT2D eigenvalue weighted by Gasteiger charge is -2.20. The largest absolute Gasteiger partial charge is 0.497 e. The SMILES string of the molecule is COc1ccc(CN(C)S(=O)(=O)c2ccc(C)cc2C)c(OC)c1. The van der Waals surface area contributed by atoms with Crippen LogP contribution in [0.2, 0.25) is 0 Å². The normalized spacial score (nSPS) is 11.6. The molecule has 0 aliphatic rings. The summed E-state index contributed by atoms with van der Waals surface area (Å²) in [7, 11) is 1.12. The quantitative estimate of drug-likeness (QED) is 0.804. The van der Waals surface area contributed by atoms with Gasteiger partial charge in [-0.1, -0.05) is 23.8 Å².